The van der Waals surface area contributed by atoms with Gasteiger partial charge < -0.3 is 14.5 Å². The summed E-state index contributed by atoms with van der Waals surface area (Å²) in [6, 6.07) is 8.44. The molecule has 2 fully saturated rings. The van der Waals surface area contributed by atoms with E-state index in [-0.39, 0.29) is 0 Å². The number of ether oxygens (including phenoxy) is 1. The molecule has 1 aromatic carbocycles. The lowest BCUT2D eigenvalue weighted by Gasteiger charge is -2.23. The Morgan fingerprint density at radius 3 is 2.44 bits per heavy atom. The Kier molecular flexibility index (Phi) is 3.16. The summed E-state index contributed by atoms with van der Waals surface area (Å²) in [4.78, 5) is 4.97. The van der Waals surface area contributed by atoms with E-state index < -0.39 is 0 Å². The maximum absolute atomic E-state index is 5.74. The van der Waals surface area contributed by atoms with Crippen molar-refractivity contribution in [3.8, 4) is 5.75 Å². The maximum Gasteiger partial charge on any atom is 0.142 e. The second-order valence-corrected chi connectivity index (χ2v) is 5.55. The fourth-order valence-corrected chi connectivity index (χ4v) is 3.42. The molecule has 18 heavy (non-hydrogen) atoms. The molecule has 2 atom stereocenters. The second kappa shape index (κ2) is 4.81. The zero-order chi connectivity index (χ0) is 12.5. The first-order chi connectivity index (χ1) is 8.78. The van der Waals surface area contributed by atoms with Gasteiger partial charge in [-0.05, 0) is 37.9 Å². The lowest BCUT2D eigenvalue weighted by molar-refractivity contribution is 0.340. The zero-order valence-electron chi connectivity index (χ0n) is 11.3. The van der Waals surface area contributed by atoms with Crippen LogP contribution in [-0.2, 0) is 0 Å². The van der Waals surface area contributed by atoms with Crippen molar-refractivity contribution in [2.45, 2.75) is 6.92 Å². The predicted octanol–water partition coefficient (Wildman–Crippen LogP) is 2.08. The lowest BCUT2D eigenvalue weighted by Crippen LogP contribution is -2.26. The predicted molar refractivity (Wildman–Crippen MR) is 74.3 cm³/mol. The van der Waals surface area contributed by atoms with Crippen LogP contribution < -0.4 is 9.64 Å². The van der Waals surface area contributed by atoms with Crippen LogP contribution in [0.15, 0.2) is 24.3 Å². The third kappa shape index (κ3) is 2.07. The largest absolute Gasteiger partial charge is 0.492 e. The molecule has 1 aromatic rings. The van der Waals surface area contributed by atoms with Gasteiger partial charge in [-0.2, -0.15) is 0 Å². The minimum Gasteiger partial charge on any atom is -0.492 e. The summed E-state index contributed by atoms with van der Waals surface area (Å²) in [6.45, 7) is 7.64. The quantitative estimate of drug-likeness (QED) is 0.812. The average Bonchev–Trinajstić information content (AvgIpc) is 2.87. The van der Waals surface area contributed by atoms with E-state index in [1.807, 2.05) is 6.92 Å². The number of anilines is 1. The number of likely N-dealkylation sites (tertiary alicyclic amines) is 1. The van der Waals surface area contributed by atoms with Gasteiger partial charge in [0, 0.05) is 26.2 Å². The minimum absolute atomic E-state index is 0.737. The standard InChI is InChI=1S/C15H22N2O/c1-3-18-15-7-5-4-6-14(15)17-10-12-8-16(2)9-13(12)11-17/h4-7,12-13H,3,8-11H2,1-2H3. The third-order valence-electron chi connectivity index (χ3n) is 4.17. The molecule has 2 aliphatic rings. The topological polar surface area (TPSA) is 15.7 Å². The van der Waals surface area contributed by atoms with Gasteiger partial charge in [0.2, 0.25) is 0 Å². The van der Waals surface area contributed by atoms with Gasteiger partial charge in [-0.3, -0.25) is 0 Å². The number of hydrogen-bond donors (Lipinski definition) is 0. The molecule has 0 aromatic heterocycles. The Labute approximate surface area is 109 Å². The van der Waals surface area contributed by atoms with E-state index in [0.717, 1.165) is 24.2 Å². The molecule has 0 saturated carbocycles. The molecule has 3 nitrogen and oxygen atoms in total. The van der Waals surface area contributed by atoms with Crippen molar-refractivity contribution in [2.24, 2.45) is 11.8 Å². The summed E-state index contributed by atoms with van der Waals surface area (Å²) in [5.41, 5.74) is 1.27. The van der Waals surface area contributed by atoms with Crippen LogP contribution in [0.4, 0.5) is 5.69 Å². The van der Waals surface area contributed by atoms with Gasteiger partial charge in [-0.1, -0.05) is 12.1 Å². The Morgan fingerprint density at radius 1 is 1.11 bits per heavy atom. The van der Waals surface area contributed by atoms with Crippen molar-refractivity contribution in [3.05, 3.63) is 24.3 Å². The molecule has 2 saturated heterocycles. The molecule has 2 heterocycles. The number of hydrogen-bond acceptors (Lipinski definition) is 3. The van der Waals surface area contributed by atoms with Crippen LogP contribution in [0, 0.1) is 11.8 Å². The highest BCUT2D eigenvalue weighted by molar-refractivity contribution is 5.59. The van der Waals surface area contributed by atoms with Crippen LogP contribution in [-0.4, -0.2) is 44.7 Å². The Morgan fingerprint density at radius 2 is 1.78 bits per heavy atom. The number of rotatable bonds is 3. The maximum atomic E-state index is 5.74. The van der Waals surface area contributed by atoms with Gasteiger partial charge in [0.15, 0.2) is 0 Å². The van der Waals surface area contributed by atoms with E-state index in [9.17, 15) is 0 Å². The molecule has 0 N–H and O–H groups in total. The Balaban J connectivity index is 1.77. The van der Waals surface area contributed by atoms with Gasteiger partial charge in [0.1, 0.15) is 5.75 Å². The van der Waals surface area contributed by atoms with E-state index in [1.165, 1.54) is 31.9 Å². The third-order valence-corrected chi connectivity index (χ3v) is 4.17. The van der Waals surface area contributed by atoms with Crippen LogP contribution in [0.2, 0.25) is 0 Å². The fourth-order valence-electron chi connectivity index (χ4n) is 3.42. The number of nitrogens with zero attached hydrogens (tertiary/aromatic N) is 2. The fraction of sp³-hybridized carbons (Fsp3) is 0.600. The molecule has 0 bridgehead atoms. The molecule has 0 amide bonds. The SMILES string of the molecule is CCOc1ccccc1N1CC2CN(C)CC2C1. The molecular formula is C15H22N2O. The van der Waals surface area contributed by atoms with Crippen molar-refractivity contribution in [3.63, 3.8) is 0 Å². The smallest absolute Gasteiger partial charge is 0.142 e. The van der Waals surface area contributed by atoms with Crippen LogP contribution >= 0.6 is 0 Å². The van der Waals surface area contributed by atoms with Crippen molar-refractivity contribution >= 4 is 5.69 Å². The van der Waals surface area contributed by atoms with Gasteiger partial charge >= 0.3 is 0 Å². The highest BCUT2D eigenvalue weighted by Gasteiger charge is 2.39. The number of benzene rings is 1. The first-order valence-electron chi connectivity index (χ1n) is 6.93. The summed E-state index contributed by atoms with van der Waals surface area (Å²) >= 11 is 0. The molecule has 3 rings (SSSR count). The van der Waals surface area contributed by atoms with Crippen molar-refractivity contribution in [1.82, 2.24) is 4.90 Å². The van der Waals surface area contributed by atoms with E-state index in [4.69, 9.17) is 4.74 Å². The van der Waals surface area contributed by atoms with Crippen LogP contribution in [0.3, 0.4) is 0 Å². The van der Waals surface area contributed by atoms with Crippen molar-refractivity contribution in [1.29, 1.82) is 0 Å². The molecule has 2 unspecified atom stereocenters. The van der Waals surface area contributed by atoms with E-state index in [2.05, 4.69) is 41.1 Å². The van der Waals surface area contributed by atoms with E-state index in [1.54, 1.807) is 0 Å². The van der Waals surface area contributed by atoms with Crippen molar-refractivity contribution in [2.75, 3.05) is 44.7 Å². The molecule has 2 aliphatic heterocycles. The molecule has 98 valence electrons. The first kappa shape index (κ1) is 11.8. The molecule has 3 heteroatoms. The monoisotopic (exact) mass is 246 g/mol. The Bertz CT molecular complexity index is 407. The summed E-state index contributed by atoms with van der Waals surface area (Å²) in [7, 11) is 2.23. The van der Waals surface area contributed by atoms with Crippen LogP contribution in [0.5, 0.6) is 5.75 Å². The molecular weight excluding hydrogens is 224 g/mol. The second-order valence-electron chi connectivity index (χ2n) is 5.55. The Hall–Kier alpha value is -1.22. The first-order valence-corrected chi connectivity index (χ1v) is 6.93. The van der Waals surface area contributed by atoms with E-state index >= 15 is 0 Å². The lowest BCUT2D eigenvalue weighted by atomic mass is 10.0. The van der Waals surface area contributed by atoms with Gasteiger partial charge in [0.25, 0.3) is 0 Å². The average molecular weight is 246 g/mol. The molecule has 0 radical (unpaired) electrons. The van der Waals surface area contributed by atoms with Crippen molar-refractivity contribution < 1.29 is 4.74 Å². The summed E-state index contributed by atoms with van der Waals surface area (Å²) in [5, 5.41) is 0. The van der Waals surface area contributed by atoms with E-state index in [0.29, 0.717) is 0 Å². The van der Waals surface area contributed by atoms with Crippen LogP contribution in [0.25, 0.3) is 0 Å². The highest BCUT2D eigenvalue weighted by Crippen LogP contribution is 2.37. The summed E-state index contributed by atoms with van der Waals surface area (Å²) in [5.74, 6) is 2.71. The number of fused-ring (bicyclic) bond motifs is 1. The van der Waals surface area contributed by atoms with Gasteiger partial charge in [-0.15, -0.1) is 0 Å². The normalized spacial score (nSPS) is 27.6. The molecule has 0 aliphatic carbocycles. The number of para-hydroxylation sites is 2. The summed E-state index contributed by atoms with van der Waals surface area (Å²) < 4.78 is 5.74. The van der Waals surface area contributed by atoms with Crippen LogP contribution in [0.1, 0.15) is 6.92 Å². The minimum atomic E-state index is 0.737. The van der Waals surface area contributed by atoms with Gasteiger partial charge in [-0.25, -0.2) is 0 Å². The zero-order valence-corrected chi connectivity index (χ0v) is 11.3. The molecule has 0 spiro atoms. The summed E-state index contributed by atoms with van der Waals surface area (Å²) in [6.07, 6.45) is 0. The highest BCUT2D eigenvalue weighted by atomic mass is 16.5. The van der Waals surface area contributed by atoms with Gasteiger partial charge in [0.05, 0.1) is 12.3 Å².